The Balaban J connectivity index is 2.25. The Morgan fingerprint density at radius 3 is 1.76 bits per heavy atom. The summed E-state index contributed by atoms with van der Waals surface area (Å²) in [5.74, 6) is -6.16. The van der Waals surface area contributed by atoms with Crippen LogP contribution in [0.5, 0.6) is 0 Å². The van der Waals surface area contributed by atoms with E-state index in [0.717, 1.165) is 12.7 Å². The number of carbonyl (C=O) groups is 7. The molecular formula is C51H74N4O12. The molecule has 0 radical (unpaired) electrons. The van der Waals surface area contributed by atoms with Crippen LogP contribution in [-0.4, -0.2) is 88.5 Å². The first-order valence-electron chi connectivity index (χ1n) is 23.0. The molecule has 16 nitrogen and oxygen atoms in total. The van der Waals surface area contributed by atoms with Crippen LogP contribution in [-0.2, 0) is 55.9 Å². The molecular weight excluding hydrogens is 861 g/mol. The Morgan fingerprint density at radius 1 is 0.657 bits per heavy atom. The van der Waals surface area contributed by atoms with E-state index in [4.69, 9.17) is 23.7 Å². The number of nitrogens with one attached hydrogen (secondary N) is 3. The van der Waals surface area contributed by atoms with Crippen molar-refractivity contribution >= 4 is 52.8 Å². The van der Waals surface area contributed by atoms with E-state index in [-0.39, 0.29) is 24.9 Å². The van der Waals surface area contributed by atoms with Crippen molar-refractivity contribution in [1.29, 1.82) is 0 Å². The summed E-state index contributed by atoms with van der Waals surface area (Å²) in [5.41, 5.74) is -0.673. The molecule has 0 fully saturated rings. The third-order valence-corrected chi connectivity index (χ3v) is 10.8. The average Bonchev–Trinajstić information content (AvgIpc) is 3.57. The molecule has 3 N–H and O–H groups in total. The zero-order valence-electron chi connectivity index (χ0n) is 42.3. The molecule has 0 saturated carbocycles. The number of aromatic nitrogens is 1. The molecule has 16 heteroatoms. The molecule has 0 aliphatic rings. The highest BCUT2D eigenvalue weighted by molar-refractivity contribution is 6.04. The second kappa shape index (κ2) is 23.2. The summed E-state index contributed by atoms with van der Waals surface area (Å²) in [7, 11) is 1.16. The molecule has 1 aromatic heterocycles. The van der Waals surface area contributed by atoms with Crippen LogP contribution in [0.3, 0.4) is 0 Å². The van der Waals surface area contributed by atoms with Crippen LogP contribution in [0.15, 0.2) is 54.7 Å². The number of ether oxygens (including phenoxy) is 5. The number of esters is 2. The van der Waals surface area contributed by atoms with E-state index in [0.29, 0.717) is 28.5 Å². The van der Waals surface area contributed by atoms with Crippen molar-refractivity contribution in [3.8, 4) is 0 Å². The van der Waals surface area contributed by atoms with Crippen molar-refractivity contribution < 1.29 is 57.2 Å². The molecule has 0 bridgehead atoms. The smallest absolute Gasteiger partial charge is 0.419 e. The number of benzene rings is 2. The zero-order chi connectivity index (χ0) is 50.8. The largest absolute Gasteiger partial charge is 0.468 e. The molecule has 0 spiro atoms. The highest BCUT2D eigenvalue weighted by atomic mass is 16.6. The van der Waals surface area contributed by atoms with Crippen LogP contribution in [0, 0.1) is 23.7 Å². The summed E-state index contributed by atoms with van der Waals surface area (Å²) in [6, 6.07) is 10.6. The van der Waals surface area contributed by atoms with Crippen LogP contribution in [0.1, 0.15) is 133 Å². The van der Waals surface area contributed by atoms with Crippen LogP contribution < -0.4 is 16.0 Å². The average molecular weight is 935 g/mol. The van der Waals surface area contributed by atoms with Gasteiger partial charge in [0.15, 0.2) is 5.78 Å². The third-order valence-electron chi connectivity index (χ3n) is 10.8. The van der Waals surface area contributed by atoms with E-state index in [2.05, 4.69) is 16.0 Å². The number of methoxy groups -OCH3 is 1. The van der Waals surface area contributed by atoms with E-state index >= 15 is 0 Å². The predicted molar refractivity (Wildman–Crippen MR) is 254 cm³/mol. The lowest BCUT2D eigenvalue weighted by atomic mass is 9.81. The van der Waals surface area contributed by atoms with Gasteiger partial charge in [0.25, 0.3) is 0 Å². The summed E-state index contributed by atoms with van der Waals surface area (Å²) in [6.07, 6.45) is -0.694. The monoisotopic (exact) mass is 935 g/mol. The van der Waals surface area contributed by atoms with Gasteiger partial charge in [-0.1, -0.05) is 90.4 Å². The normalized spacial score (nSPS) is 14.8. The molecule has 0 saturated heterocycles. The van der Waals surface area contributed by atoms with Crippen LogP contribution in [0.4, 0.5) is 14.4 Å². The number of nitrogens with zero attached hydrogens (tertiary/aromatic N) is 1. The molecule has 67 heavy (non-hydrogen) atoms. The van der Waals surface area contributed by atoms with Crippen LogP contribution in [0.2, 0.25) is 0 Å². The first kappa shape index (κ1) is 55.4. The minimum atomic E-state index is -1.42. The van der Waals surface area contributed by atoms with E-state index < -0.39 is 94.6 Å². The Labute approximate surface area is 395 Å². The maximum absolute atomic E-state index is 14.7. The third kappa shape index (κ3) is 16.4. The van der Waals surface area contributed by atoms with Crippen molar-refractivity contribution in [3.63, 3.8) is 0 Å². The molecule has 0 aliphatic heterocycles. The number of fused-ring (bicyclic) bond motifs is 1. The Kier molecular flexibility index (Phi) is 19.2. The molecule has 370 valence electrons. The van der Waals surface area contributed by atoms with E-state index in [1.807, 2.05) is 45.9 Å². The van der Waals surface area contributed by atoms with Crippen molar-refractivity contribution in [2.75, 3.05) is 7.11 Å². The summed E-state index contributed by atoms with van der Waals surface area (Å²) in [5, 5.41) is 8.77. The lowest BCUT2D eigenvalue weighted by molar-refractivity contribution is -0.160. The molecule has 3 aromatic rings. The highest BCUT2D eigenvalue weighted by Crippen LogP contribution is 2.35. The fourth-order valence-corrected chi connectivity index (χ4v) is 7.48. The quantitative estimate of drug-likeness (QED) is 0.0622. The van der Waals surface area contributed by atoms with Crippen molar-refractivity contribution in [2.24, 2.45) is 23.7 Å². The summed E-state index contributed by atoms with van der Waals surface area (Å²) < 4.78 is 29.0. The van der Waals surface area contributed by atoms with Gasteiger partial charge in [0.05, 0.1) is 18.7 Å². The standard InChI is InChI=1S/C51H74N4O12/c1-17-31(6)40(45(59)65-49(7,8)9)52-43(57)41(54-46(60)64-28-32-21-19-18-20-22-32)38(29(2)3)33-23-24-35-34(27-55(37(35)26-33)48(62)67-51(13,14)15)25-36(44(58)63-16)42(56)39(30(4)5)53-47(61)66-50(10,11)12/h18-24,26-27,29-31,36,38-41H,17,25,28H2,1-16H3,(H,52,57)(H,53,61)(H,54,60)/t31?,36-,38+,39-,40-,41-/m0/s1. The summed E-state index contributed by atoms with van der Waals surface area (Å²) in [6.45, 7) is 26.2. The number of alkyl carbamates (subject to hydrolysis) is 2. The predicted octanol–water partition coefficient (Wildman–Crippen LogP) is 8.78. The second-order valence-corrected chi connectivity index (χ2v) is 20.7. The van der Waals surface area contributed by atoms with Crippen molar-refractivity contribution in [3.05, 3.63) is 71.4 Å². The number of hydrogen-bond donors (Lipinski definition) is 3. The summed E-state index contributed by atoms with van der Waals surface area (Å²) >= 11 is 0. The minimum Gasteiger partial charge on any atom is -0.468 e. The number of amides is 3. The van der Waals surface area contributed by atoms with Crippen LogP contribution >= 0.6 is 0 Å². The molecule has 1 unspecified atom stereocenters. The number of rotatable bonds is 18. The van der Waals surface area contributed by atoms with Gasteiger partial charge < -0.3 is 39.6 Å². The maximum Gasteiger partial charge on any atom is 0.419 e. The Bertz CT molecular complexity index is 2210. The van der Waals surface area contributed by atoms with Gasteiger partial charge in [0, 0.05) is 17.5 Å². The molecule has 0 aliphatic carbocycles. The number of hydrogen-bond acceptors (Lipinski definition) is 12. The summed E-state index contributed by atoms with van der Waals surface area (Å²) in [4.78, 5) is 96.7. The van der Waals surface area contributed by atoms with E-state index in [9.17, 15) is 33.6 Å². The second-order valence-electron chi connectivity index (χ2n) is 20.7. The zero-order valence-corrected chi connectivity index (χ0v) is 42.3. The number of carbonyl (C=O) groups excluding carboxylic acids is 7. The number of Topliss-reactive ketones (excluding diaryl/α,β-unsaturated/α-hetero) is 1. The van der Waals surface area contributed by atoms with Gasteiger partial charge in [-0.25, -0.2) is 19.2 Å². The number of ketones is 1. The fourth-order valence-electron chi connectivity index (χ4n) is 7.48. The first-order valence-corrected chi connectivity index (χ1v) is 23.0. The van der Waals surface area contributed by atoms with Crippen molar-refractivity contribution in [2.45, 2.75) is 164 Å². The molecule has 3 amide bonds. The first-order chi connectivity index (χ1) is 31.0. The van der Waals surface area contributed by atoms with Gasteiger partial charge in [-0.15, -0.1) is 0 Å². The lowest BCUT2D eigenvalue weighted by Crippen LogP contribution is -2.56. The molecule has 6 atom stereocenters. The van der Waals surface area contributed by atoms with Gasteiger partial charge in [-0.3, -0.25) is 19.0 Å². The van der Waals surface area contributed by atoms with Gasteiger partial charge >= 0.3 is 30.2 Å². The SMILES string of the molecule is CCC(C)[C@H](NC(=O)[C@@H](NC(=O)OCc1ccccc1)[C@@H](c1ccc2c(C[C@H](C(=O)OC)C(=O)[C@@H](NC(=O)OC(C)(C)C)C(C)C)cn(C(=O)OC(C)(C)C)c2c1)C(C)C)C(=O)OC(C)(C)C. The van der Waals surface area contributed by atoms with Gasteiger partial charge in [0.2, 0.25) is 5.91 Å². The van der Waals surface area contributed by atoms with Gasteiger partial charge in [-0.05, 0) is 109 Å². The lowest BCUT2D eigenvalue weighted by Gasteiger charge is -2.33. The van der Waals surface area contributed by atoms with E-state index in [1.54, 1.807) is 106 Å². The Morgan fingerprint density at radius 2 is 1.24 bits per heavy atom. The topological polar surface area (TPSA) is 207 Å². The van der Waals surface area contributed by atoms with Crippen molar-refractivity contribution in [1.82, 2.24) is 20.5 Å². The maximum atomic E-state index is 14.7. The molecule has 3 rings (SSSR count). The molecule has 2 aromatic carbocycles. The van der Waals surface area contributed by atoms with Gasteiger partial charge in [-0.2, -0.15) is 0 Å². The van der Waals surface area contributed by atoms with E-state index in [1.165, 1.54) is 10.8 Å². The Hall–Kier alpha value is -5.93. The minimum absolute atomic E-state index is 0.0804. The molecule has 1 heterocycles. The fraction of sp³-hybridized carbons (Fsp3) is 0.588. The van der Waals surface area contributed by atoms with Crippen LogP contribution in [0.25, 0.3) is 10.9 Å². The highest BCUT2D eigenvalue weighted by Gasteiger charge is 2.40. The van der Waals surface area contributed by atoms with Gasteiger partial charge in [0.1, 0.15) is 41.4 Å².